The number of para-hydroxylation sites is 1. The van der Waals surface area contributed by atoms with E-state index in [9.17, 15) is 0 Å². The lowest BCUT2D eigenvalue weighted by atomic mass is 10.1. The maximum Gasteiger partial charge on any atom is 0.123 e. The van der Waals surface area contributed by atoms with Crippen LogP contribution in [-0.2, 0) is 6.54 Å². The molecule has 0 aliphatic rings. The lowest BCUT2D eigenvalue weighted by molar-refractivity contribution is 0.223. The Morgan fingerprint density at radius 3 is 2.56 bits per heavy atom. The maximum atomic E-state index is 5.81. The van der Waals surface area contributed by atoms with Gasteiger partial charge < -0.3 is 4.74 Å². The summed E-state index contributed by atoms with van der Waals surface area (Å²) in [5.41, 5.74) is 1.21. The number of hydrogen-bond donors (Lipinski definition) is 0. The first kappa shape index (κ1) is 13.3. The van der Waals surface area contributed by atoms with E-state index in [1.54, 1.807) is 7.11 Å². The Hall–Kier alpha value is -0.730. The highest BCUT2D eigenvalue weighted by Crippen LogP contribution is 2.20. The summed E-state index contributed by atoms with van der Waals surface area (Å²) in [5, 5.41) is 0. The summed E-state index contributed by atoms with van der Waals surface area (Å²) in [6, 6.07) is 8.61. The molecule has 0 atom stereocenters. The average molecular weight is 242 g/mol. The van der Waals surface area contributed by atoms with Gasteiger partial charge in [0.05, 0.1) is 7.11 Å². The first-order valence-electron chi connectivity index (χ1n) is 5.61. The Bertz CT molecular complexity index is 315. The Balaban J connectivity index is 2.76. The molecule has 0 amide bonds. The fraction of sp³-hybridized carbons (Fsp3) is 0.538. The van der Waals surface area contributed by atoms with Crippen molar-refractivity contribution in [2.24, 2.45) is 0 Å². The second-order valence-corrected chi connectivity index (χ2v) is 4.44. The molecular weight excluding hydrogens is 222 g/mol. The van der Waals surface area contributed by atoms with Crippen molar-refractivity contribution in [2.75, 3.05) is 19.5 Å². The maximum absolute atomic E-state index is 5.81. The lowest BCUT2D eigenvalue weighted by Gasteiger charge is -2.26. The van der Waals surface area contributed by atoms with Gasteiger partial charge in [-0.3, -0.25) is 4.90 Å². The van der Waals surface area contributed by atoms with E-state index in [0.29, 0.717) is 11.9 Å². The molecule has 0 heterocycles. The SMILES string of the molecule is COc1ccccc1CN(CCCl)C(C)C. The molecule has 0 radical (unpaired) electrons. The molecule has 0 bridgehead atoms. The van der Waals surface area contributed by atoms with Gasteiger partial charge in [0.25, 0.3) is 0 Å². The predicted molar refractivity (Wildman–Crippen MR) is 69.3 cm³/mol. The minimum absolute atomic E-state index is 0.490. The number of nitrogens with zero attached hydrogens (tertiary/aromatic N) is 1. The van der Waals surface area contributed by atoms with Crippen LogP contribution in [0.25, 0.3) is 0 Å². The third kappa shape index (κ3) is 3.69. The van der Waals surface area contributed by atoms with E-state index in [2.05, 4.69) is 24.8 Å². The van der Waals surface area contributed by atoms with E-state index in [0.717, 1.165) is 18.8 Å². The zero-order chi connectivity index (χ0) is 12.0. The third-order valence-corrected chi connectivity index (χ3v) is 2.84. The zero-order valence-electron chi connectivity index (χ0n) is 10.2. The van der Waals surface area contributed by atoms with Crippen LogP contribution in [0.4, 0.5) is 0 Å². The molecule has 0 aliphatic heterocycles. The van der Waals surface area contributed by atoms with Gasteiger partial charge in [-0.1, -0.05) is 18.2 Å². The monoisotopic (exact) mass is 241 g/mol. The third-order valence-electron chi connectivity index (χ3n) is 2.67. The number of rotatable bonds is 6. The van der Waals surface area contributed by atoms with Gasteiger partial charge in [0.2, 0.25) is 0 Å². The molecule has 1 aromatic rings. The van der Waals surface area contributed by atoms with E-state index >= 15 is 0 Å². The molecule has 0 N–H and O–H groups in total. The minimum Gasteiger partial charge on any atom is -0.496 e. The molecule has 0 unspecified atom stereocenters. The van der Waals surface area contributed by atoms with E-state index in [1.807, 2.05) is 18.2 Å². The molecule has 1 aromatic carbocycles. The van der Waals surface area contributed by atoms with Crippen LogP contribution < -0.4 is 4.74 Å². The van der Waals surface area contributed by atoms with Gasteiger partial charge in [-0.15, -0.1) is 11.6 Å². The van der Waals surface area contributed by atoms with Crippen LogP contribution in [0.5, 0.6) is 5.75 Å². The van der Waals surface area contributed by atoms with Crippen LogP contribution in [0.3, 0.4) is 0 Å². The van der Waals surface area contributed by atoms with Crippen molar-refractivity contribution in [1.29, 1.82) is 0 Å². The second kappa shape index (κ2) is 6.77. The standard InChI is InChI=1S/C13H20ClNO/c1-11(2)15(9-8-14)10-12-6-4-5-7-13(12)16-3/h4-7,11H,8-10H2,1-3H3. The highest BCUT2D eigenvalue weighted by molar-refractivity contribution is 6.18. The minimum atomic E-state index is 0.490. The van der Waals surface area contributed by atoms with E-state index < -0.39 is 0 Å². The highest BCUT2D eigenvalue weighted by Gasteiger charge is 2.11. The normalized spacial score (nSPS) is 11.1. The van der Waals surface area contributed by atoms with E-state index in [1.165, 1.54) is 5.56 Å². The summed E-state index contributed by atoms with van der Waals surface area (Å²) in [4.78, 5) is 2.34. The molecule has 0 aromatic heterocycles. The van der Waals surface area contributed by atoms with Crippen molar-refractivity contribution >= 4 is 11.6 Å². The van der Waals surface area contributed by atoms with Crippen LogP contribution in [0, 0.1) is 0 Å². The van der Waals surface area contributed by atoms with Crippen molar-refractivity contribution in [2.45, 2.75) is 26.4 Å². The summed E-state index contributed by atoms with van der Waals surface area (Å²) >= 11 is 5.81. The first-order chi connectivity index (χ1) is 7.69. The van der Waals surface area contributed by atoms with Gasteiger partial charge >= 0.3 is 0 Å². The van der Waals surface area contributed by atoms with Crippen molar-refractivity contribution in [3.05, 3.63) is 29.8 Å². The summed E-state index contributed by atoms with van der Waals surface area (Å²) in [6.07, 6.45) is 0. The molecule has 90 valence electrons. The fourth-order valence-corrected chi connectivity index (χ4v) is 1.90. The molecule has 0 saturated heterocycles. The molecule has 0 saturated carbocycles. The second-order valence-electron chi connectivity index (χ2n) is 4.07. The van der Waals surface area contributed by atoms with Gasteiger partial charge in [-0.25, -0.2) is 0 Å². The summed E-state index contributed by atoms with van der Waals surface area (Å²) in [7, 11) is 1.71. The summed E-state index contributed by atoms with van der Waals surface area (Å²) < 4.78 is 5.34. The smallest absolute Gasteiger partial charge is 0.123 e. The van der Waals surface area contributed by atoms with E-state index in [4.69, 9.17) is 16.3 Å². The Morgan fingerprint density at radius 2 is 2.00 bits per heavy atom. The van der Waals surface area contributed by atoms with Crippen LogP contribution in [-0.4, -0.2) is 30.5 Å². The van der Waals surface area contributed by atoms with Gasteiger partial charge in [-0.05, 0) is 19.9 Å². The number of halogens is 1. The van der Waals surface area contributed by atoms with Crippen molar-refractivity contribution in [3.63, 3.8) is 0 Å². The van der Waals surface area contributed by atoms with Gasteiger partial charge in [0.15, 0.2) is 0 Å². The topological polar surface area (TPSA) is 12.5 Å². The Morgan fingerprint density at radius 1 is 1.31 bits per heavy atom. The highest BCUT2D eigenvalue weighted by atomic mass is 35.5. The molecule has 0 spiro atoms. The summed E-state index contributed by atoms with van der Waals surface area (Å²) in [5.74, 6) is 1.61. The quantitative estimate of drug-likeness (QED) is 0.710. The predicted octanol–water partition coefficient (Wildman–Crippen LogP) is 3.14. The number of benzene rings is 1. The average Bonchev–Trinajstić information content (AvgIpc) is 2.29. The molecule has 1 rings (SSSR count). The Kier molecular flexibility index (Phi) is 5.64. The van der Waals surface area contributed by atoms with Gasteiger partial charge in [0.1, 0.15) is 5.75 Å². The molecule has 0 aliphatic carbocycles. The molecule has 3 heteroatoms. The lowest BCUT2D eigenvalue weighted by Crippen LogP contribution is -2.32. The van der Waals surface area contributed by atoms with Crippen LogP contribution >= 0.6 is 11.6 Å². The van der Waals surface area contributed by atoms with Gasteiger partial charge in [-0.2, -0.15) is 0 Å². The fourth-order valence-electron chi connectivity index (χ4n) is 1.68. The van der Waals surface area contributed by atoms with Crippen LogP contribution in [0.2, 0.25) is 0 Å². The Labute approximate surface area is 103 Å². The molecule has 0 fully saturated rings. The van der Waals surface area contributed by atoms with Crippen LogP contribution in [0.15, 0.2) is 24.3 Å². The molecule has 16 heavy (non-hydrogen) atoms. The first-order valence-corrected chi connectivity index (χ1v) is 6.14. The zero-order valence-corrected chi connectivity index (χ0v) is 11.0. The summed E-state index contributed by atoms with van der Waals surface area (Å²) in [6.45, 7) is 6.15. The number of methoxy groups -OCH3 is 1. The number of alkyl halides is 1. The number of hydrogen-bond acceptors (Lipinski definition) is 2. The van der Waals surface area contributed by atoms with Crippen LogP contribution in [0.1, 0.15) is 19.4 Å². The van der Waals surface area contributed by atoms with Gasteiger partial charge in [0, 0.05) is 30.6 Å². The molecular formula is C13H20ClNO. The number of ether oxygens (including phenoxy) is 1. The van der Waals surface area contributed by atoms with Crippen molar-refractivity contribution in [3.8, 4) is 5.75 Å². The van der Waals surface area contributed by atoms with Crippen molar-refractivity contribution in [1.82, 2.24) is 4.90 Å². The molecule has 2 nitrogen and oxygen atoms in total. The largest absolute Gasteiger partial charge is 0.496 e. The van der Waals surface area contributed by atoms with Crippen molar-refractivity contribution < 1.29 is 4.74 Å². The van der Waals surface area contributed by atoms with E-state index in [-0.39, 0.29) is 0 Å².